The van der Waals surface area contributed by atoms with Crippen LogP contribution in [0.2, 0.25) is 0 Å². The lowest BCUT2D eigenvalue weighted by Gasteiger charge is -2.32. The number of para-hydroxylation sites is 1. The molecule has 0 bridgehead atoms. The first-order chi connectivity index (χ1) is 12.7. The van der Waals surface area contributed by atoms with Gasteiger partial charge >= 0.3 is 0 Å². The van der Waals surface area contributed by atoms with E-state index in [0.717, 1.165) is 37.9 Å². The maximum atomic E-state index is 13.0. The van der Waals surface area contributed by atoms with Crippen molar-refractivity contribution >= 4 is 11.6 Å². The Morgan fingerprint density at radius 3 is 3.00 bits per heavy atom. The predicted molar refractivity (Wildman–Crippen MR) is 102 cm³/mol. The summed E-state index contributed by atoms with van der Waals surface area (Å²) < 4.78 is 5.64. The van der Waals surface area contributed by atoms with Crippen LogP contribution in [0.25, 0.3) is 0 Å². The number of nitrogens with one attached hydrogen (secondary N) is 1. The third-order valence-electron chi connectivity index (χ3n) is 5.75. The molecule has 0 spiro atoms. The minimum Gasteiger partial charge on any atom is -0.459 e. The molecule has 0 aliphatic carbocycles. The molecule has 2 aliphatic heterocycles. The number of carbonyl (C=O) groups excluding carboxylic acids is 1. The highest BCUT2D eigenvalue weighted by Crippen LogP contribution is 2.33. The molecule has 5 nitrogen and oxygen atoms in total. The molecule has 1 aromatic carbocycles. The lowest BCUT2D eigenvalue weighted by atomic mass is 10.1. The minimum absolute atomic E-state index is 0.0186. The summed E-state index contributed by atoms with van der Waals surface area (Å²) in [4.78, 5) is 17.3. The largest absolute Gasteiger partial charge is 0.459 e. The van der Waals surface area contributed by atoms with Gasteiger partial charge in [-0.3, -0.25) is 4.79 Å². The Balaban J connectivity index is 1.53. The summed E-state index contributed by atoms with van der Waals surface area (Å²) in [5, 5.41) is 3.29. The van der Waals surface area contributed by atoms with Crippen molar-refractivity contribution in [2.24, 2.45) is 0 Å². The van der Waals surface area contributed by atoms with Gasteiger partial charge in [0, 0.05) is 43.0 Å². The molecule has 2 aromatic rings. The zero-order valence-corrected chi connectivity index (χ0v) is 15.6. The van der Waals surface area contributed by atoms with Crippen molar-refractivity contribution in [2.45, 2.75) is 44.8 Å². The molecule has 0 saturated carbocycles. The van der Waals surface area contributed by atoms with Crippen LogP contribution < -0.4 is 10.2 Å². The van der Waals surface area contributed by atoms with Gasteiger partial charge in [-0.15, -0.1) is 0 Å². The molecule has 2 aliphatic rings. The van der Waals surface area contributed by atoms with E-state index in [-0.39, 0.29) is 5.91 Å². The molecule has 1 fully saturated rings. The number of nitrogens with zero attached hydrogens (tertiary/aromatic N) is 2. The van der Waals surface area contributed by atoms with Crippen molar-refractivity contribution in [3.63, 3.8) is 0 Å². The summed E-state index contributed by atoms with van der Waals surface area (Å²) in [6.07, 6.45) is 4.85. The van der Waals surface area contributed by atoms with E-state index in [2.05, 4.69) is 41.4 Å². The molecular formula is C21H27N3O2. The zero-order chi connectivity index (χ0) is 18.1. The zero-order valence-electron chi connectivity index (χ0n) is 15.6. The molecule has 3 heterocycles. The third kappa shape index (κ3) is 3.12. The van der Waals surface area contributed by atoms with Gasteiger partial charge < -0.3 is 19.5 Å². The van der Waals surface area contributed by atoms with Gasteiger partial charge in [0.2, 0.25) is 0 Å². The van der Waals surface area contributed by atoms with Crippen LogP contribution in [-0.2, 0) is 13.0 Å². The number of likely N-dealkylation sites (tertiary alicyclic amines) is 1. The third-order valence-corrected chi connectivity index (χ3v) is 5.75. The van der Waals surface area contributed by atoms with E-state index in [1.165, 1.54) is 11.3 Å². The number of hydrogen-bond donors (Lipinski definition) is 1. The van der Waals surface area contributed by atoms with Crippen LogP contribution in [0, 0.1) is 0 Å². The molecule has 26 heavy (non-hydrogen) atoms. The number of hydrogen-bond acceptors (Lipinski definition) is 4. The fraction of sp³-hybridized carbons (Fsp3) is 0.476. The van der Waals surface area contributed by atoms with Crippen LogP contribution in [0.5, 0.6) is 0 Å². The van der Waals surface area contributed by atoms with Crippen LogP contribution in [-0.4, -0.2) is 43.0 Å². The second-order valence-corrected chi connectivity index (χ2v) is 7.46. The van der Waals surface area contributed by atoms with Gasteiger partial charge in [0.05, 0.1) is 6.26 Å². The Morgan fingerprint density at radius 2 is 2.15 bits per heavy atom. The Morgan fingerprint density at radius 1 is 1.31 bits per heavy atom. The first-order valence-corrected chi connectivity index (χ1v) is 9.55. The minimum atomic E-state index is 0.0186. The van der Waals surface area contributed by atoms with Crippen molar-refractivity contribution < 1.29 is 9.21 Å². The fourth-order valence-electron chi connectivity index (χ4n) is 4.24. The molecule has 2 unspecified atom stereocenters. The van der Waals surface area contributed by atoms with E-state index in [0.29, 0.717) is 24.4 Å². The van der Waals surface area contributed by atoms with Crippen LogP contribution in [0.3, 0.4) is 0 Å². The summed E-state index contributed by atoms with van der Waals surface area (Å²) in [5.41, 5.74) is 3.63. The van der Waals surface area contributed by atoms with Gasteiger partial charge in [-0.25, -0.2) is 0 Å². The van der Waals surface area contributed by atoms with Gasteiger partial charge in [0.15, 0.2) is 5.76 Å². The first kappa shape index (κ1) is 17.2. The van der Waals surface area contributed by atoms with Crippen molar-refractivity contribution in [3.8, 4) is 0 Å². The highest BCUT2D eigenvalue weighted by atomic mass is 16.3. The van der Waals surface area contributed by atoms with Gasteiger partial charge in [-0.1, -0.05) is 18.2 Å². The molecular weight excluding hydrogens is 326 g/mol. The topological polar surface area (TPSA) is 48.7 Å². The molecule has 5 heteroatoms. The average molecular weight is 353 g/mol. The molecule has 1 N–H and O–H groups in total. The lowest BCUT2D eigenvalue weighted by Crippen LogP contribution is -2.47. The number of benzene rings is 1. The second kappa shape index (κ2) is 7.16. The van der Waals surface area contributed by atoms with E-state index in [9.17, 15) is 4.79 Å². The Bertz CT molecular complexity index is 785. The van der Waals surface area contributed by atoms with Gasteiger partial charge in [0.1, 0.15) is 0 Å². The summed E-state index contributed by atoms with van der Waals surface area (Å²) in [6.45, 7) is 4.50. The fourth-order valence-corrected chi connectivity index (χ4v) is 4.24. The molecule has 2 atom stereocenters. The Kier molecular flexibility index (Phi) is 4.72. The Labute approximate surface area is 155 Å². The molecule has 1 aromatic heterocycles. The SMILES string of the molecule is CNC1CCCN(C(=O)c2occc2CN2c3ccccc3CC2C)C1. The van der Waals surface area contributed by atoms with E-state index in [1.807, 2.05) is 18.0 Å². The number of amides is 1. The summed E-state index contributed by atoms with van der Waals surface area (Å²) in [6, 6.07) is 11.3. The molecule has 4 rings (SSSR count). The van der Waals surface area contributed by atoms with E-state index in [4.69, 9.17) is 4.42 Å². The van der Waals surface area contributed by atoms with Gasteiger partial charge in [-0.2, -0.15) is 0 Å². The summed E-state index contributed by atoms with van der Waals surface area (Å²) >= 11 is 0. The first-order valence-electron chi connectivity index (χ1n) is 9.55. The van der Waals surface area contributed by atoms with Crippen LogP contribution in [0.1, 0.15) is 41.4 Å². The lowest BCUT2D eigenvalue weighted by molar-refractivity contribution is 0.0664. The highest BCUT2D eigenvalue weighted by Gasteiger charge is 2.30. The smallest absolute Gasteiger partial charge is 0.289 e. The number of fused-ring (bicyclic) bond motifs is 1. The Hall–Kier alpha value is -2.27. The number of rotatable bonds is 4. The van der Waals surface area contributed by atoms with Crippen LogP contribution in [0.4, 0.5) is 5.69 Å². The van der Waals surface area contributed by atoms with Crippen molar-refractivity contribution in [3.05, 3.63) is 53.5 Å². The van der Waals surface area contributed by atoms with E-state index in [1.54, 1.807) is 6.26 Å². The number of carbonyl (C=O) groups is 1. The van der Waals surface area contributed by atoms with Crippen molar-refractivity contribution in [2.75, 3.05) is 25.0 Å². The highest BCUT2D eigenvalue weighted by molar-refractivity contribution is 5.93. The van der Waals surface area contributed by atoms with Crippen molar-refractivity contribution in [1.82, 2.24) is 10.2 Å². The molecule has 1 saturated heterocycles. The molecule has 0 radical (unpaired) electrons. The maximum Gasteiger partial charge on any atom is 0.289 e. The second-order valence-electron chi connectivity index (χ2n) is 7.46. The summed E-state index contributed by atoms with van der Waals surface area (Å²) in [5.74, 6) is 0.517. The standard InChI is InChI=1S/C21H27N3O2/c1-15-12-16-6-3-4-8-19(16)24(15)13-17-9-11-26-20(17)21(25)23-10-5-7-18(14-23)22-2/h3-4,6,8-9,11,15,18,22H,5,7,10,12-14H2,1-2H3. The predicted octanol–water partition coefficient (Wildman–Crippen LogP) is 3.05. The van der Waals surface area contributed by atoms with E-state index < -0.39 is 0 Å². The maximum absolute atomic E-state index is 13.0. The summed E-state index contributed by atoms with van der Waals surface area (Å²) in [7, 11) is 1.96. The number of furan rings is 1. The number of anilines is 1. The normalized spacial score (nSPS) is 22.5. The van der Waals surface area contributed by atoms with Crippen molar-refractivity contribution in [1.29, 1.82) is 0 Å². The van der Waals surface area contributed by atoms with Gasteiger partial charge in [0.25, 0.3) is 5.91 Å². The van der Waals surface area contributed by atoms with E-state index >= 15 is 0 Å². The van der Waals surface area contributed by atoms with Gasteiger partial charge in [-0.05, 0) is 50.9 Å². The molecule has 138 valence electrons. The number of likely N-dealkylation sites (N-methyl/N-ethyl adjacent to an activating group) is 1. The number of piperidine rings is 1. The quantitative estimate of drug-likeness (QED) is 0.918. The van der Waals surface area contributed by atoms with Crippen LogP contribution in [0.15, 0.2) is 41.0 Å². The van der Waals surface area contributed by atoms with Crippen LogP contribution >= 0.6 is 0 Å². The monoisotopic (exact) mass is 353 g/mol. The molecule has 1 amide bonds. The average Bonchev–Trinajstić information content (AvgIpc) is 3.26.